The minimum atomic E-state index is -3.86. The predicted octanol–water partition coefficient (Wildman–Crippen LogP) is 3.75. The van der Waals surface area contributed by atoms with Crippen LogP contribution in [-0.4, -0.2) is 31.9 Å². The van der Waals surface area contributed by atoms with Crippen LogP contribution in [0.15, 0.2) is 18.2 Å². The summed E-state index contributed by atoms with van der Waals surface area (Å²) < 4.78 is 33.5. The van der Waals surface area contributed by atoms with E-state index in [0.717, 1.165) is 30.4 Å². The Morgan fingerprint density at radius 3 is 2.04 bits per heavy atom. The van der Waals surface area contributed by atoms with Gasteiger partial charge in [-0.15, -0.1) is 0 Å². The molecule has 2 rings (SSSR count). The van der Waals surface area contributed by atoms with Gasteiger partial charge in [-0.3, -0.25) is 0 Å². The Balaban J connectivity index is 2.20. The third-order valence-electron chi connectivity index (χ3n) is 4.38. The first-order valence-corrected chi connectivity index (χ1v) is 10.3. The second kappa shape index (κ2) is 8.19. The van der Waals surface area contributed by atoms with Crippen LogP contribution in [0.5, 0.6) is 5.75 Å². The Bertz CT molecular complexity index is 682. The van der Waals surface area contributed by atoms with Gasteiger partial charge in [0.05, 0.1) is 0 Å². The summed E-state index contributed by atoms with van der Waals surface area (Å²) >= 11 is 0. The zero-order valence-corrected chi connectivity index (χ0v) is 16.2. The van der Waals surface area contributed by atoms with Gasteiger partial charge in [0, 0.05) is 13.1 Å². The van der Waals surface area contributed by atoms with Crippen LogP contribution in [0.1, 0.15) is 69.9 Å². The highest BCUT2D eigenvalue weighted by Crippen LogP contribution is 2.34. The highest BCUT2D eigenvalue weighted by atomic mass is 32.2. The Morgan fingerprint density at radius 2 is 1.56 bits per heavy atom. The lowest BCUT2D eigenvalue weighted by Crippen LogP contribution is -2.46. The van der Waals surface area contributed by atoms with Gasteiger partial charge in [-0.05, 0) is 35.8 Å². The molecule has 0 aliphatic carbocycles. The molecule has 1 aliphatic heterocycles. The summed E-state index contributed by atoms with van der Waals surface area (Å²) in [6, 6.07) is 5.73. The molecule has 1 aromatic rings. The normalized spacial score (nSPS) is 16.2. The molecule has 0 radical (unpaired) electrons. The number of carbonyl (C=O) groups is 1. The highest BCUT2D eigenvalue weighted by molar-refractivity contribution is 7.87. The van der Waals surface area contributed by atoms with Crippen molar-refractivity contribution in [2.24, 2.45) is 0 Å². The molecular formula is C18H28N2O4S. The van der Waals surface area contributed by atoms with Crippen LogP contribution in [0.25, 0.3) is 0 Å². The minimum Gasteiger partial charge on any atom is -0.409 e. The molecule has 1 fully saturated rings. The number of para-hydroxylation sites is 1. The van der Waals surface area contributed by atoms with Crippen LogP contribution < -0.4 is 9.46 Å². The lowest BCUT2D eigenvalue weighted by atomic mass is 9.94. The van der Waals surface area contributed by atoms with Gasteiger partial charge in [-0.25, -0.2) is 9.52 Å². The maximum atomic E-state index is 12.3. The minimum absolute atomic E-state index is 0.153. The summed E-state index contributed by atoms with van der Waals surface area (Å²) in [5, 5.41) is 0. The van der Waals surface area contributed by atoms with E-state index in [1.54, 1.807) is 0 Å². The summed E-state index contributed by atoms with van der Waals surface area (Å²) in [4.78, 5) is 12.3. The quantitative estimate of drug-likeness (QED) is 0.859. The number of nitrogens with one attached hydrogen (secondary N) is 1. The number of ether oxygens (including phenoxy) is 1. The van der Waals surface area contributed by atoms with Crippen LogP contribution in [0, 0.1) is 0 Å². The summed E-state index contributed by atoms with van der Waals surface area (Å²) in [7, 11) is -3.86. The fourth-order valence-electron chi connectivity index (χ4n) is 2.99. The Kier molecular flexibility index (Phi) is 6.46. The van der Waals surface area contributed by atoms with Gasteiger partial charge in [0.1, 0.15) is 5.75 Å². The van der Waals surface area contributed by atoms with Crippen molar-refractivity contribution in [1.29, 1.82) is 0 Å². The van der Waals surface area contributed by atoms with E-state index in [-0.39, 0.29) is 11.8 Å². The van der Waals surface area contributed by atoms with E-state index < -0.39 is 16.3 Å². The largest absolute Gasteiger partial charge is 0.427 e. The van der Waals surface area contributed by atoms with Crippen molar-refractivity contribution in [3.8, 4) is 5.75 Å². The van der Waals surface area contributed by atoms with Gasteiger partial charge in [0.15, 0.2) is 0 Å². The van der Waals surface area contributed by atoms with Crippen molar-refractivity contribution in [1.82, 2.24) is 9.03 Å². The Labute approximate surface area is 150 Å². The van der Waals surface area contributed by atoms with Gasteiger partial charge in [0.2, 0.25) is 0 Å². The van der Waals surface area contributed by atoms with E-state index in [1.807, 2.05) is 50.6 Å². The molecule has 1 aliphatic rings. The second-order valence-electron chi connectivity index (χ2n) is 7.03. The average molecular weight is 368 g/mol. The molecular weight excluding hydrogens is 340 g/mol. The monoisotopic (exact) mass is 368 g/mol. The van der Waals surface area contributed by atoms with Crippen LogP contribution in [0.2, 0.25) is 0 Å². The Morgan fingerprint density at radius 1 is 1.04 bits per heavy atom. The first-order chi connectivity index (χ1) is 11.7. The molecule has 1 heterocycles. The van der Waals surface area contributed by atoms with E-state index in [9.17, 15) is 13.2 Å². The second-order valence-corrected chi connectivity index (χ2v) is 8.70. The topological polar surface area (TPSA) is 75.7 Å². The Hall–Kier alpha value is -1.60. The number of carbonyl (C=O) groups excluding carboxylic acids is 1. The lowest BCUT2D eigenvalue weighted by molar-refractivity contribution is 0.204. The molecule has 0 spiro atoms. The van der Waals surface area contributed by atoms with Gasteiger partial charge >= 0.3 is 16.3 Å². The summed E-state index contributed by atoms with van der Waals surface area (Å²) in [5.74, 6) is 0.763. The molecule has 0 aromatic heterocycles. The molecule has 25 heavy (non-hydrogen) atoms. The highest BCUT2D eigenvalue weighted by Gasteiger charge is 2.27. The van der Waals surface area contributed by atoms with Gasteiger partial charge in [0.25, 0.3) is 0 Å². The van der Waals surface area contributed by atoms with Gasteiger partial charge < -0.3 is 4.74 Å². The molecule has 7 heteroatoms. The maximum absolute atomic E-state index is 12.3. The maximum Gasteiger partial charge on any atom is 0.427 e. The van der Waals surface area contributed by atoms with Crippen molar-refractivity contribution < 1.29 is 17.9 Å². The van der Waals surface area contributed by atoms with E-state index in [0.29, 0.717) is 18.8 Å². The molecule has 0 saturated carbocycles. The number of rotatable bonds is 5. The number of benzene rings is 1. The first-order valence-electron chi connectivity index (χ1n) is 8.85. The van der Waals surface area contributed by atoms with Gasteiger partial charge in [-0.1, -0.05) is 52.3 Å². The third-order valence-corrected chi connectivity index (χ3v) is 5.85. The lowest BCUT2D eigenvalue weighted by Gasteiger charge is -2.26. The SMILES string of the molecule is CC(C)c1cccc(C(C)C)c1OC(=O)NS(=O)(=O)N1CCCCC1. The molecule has 140 valence electrons. The zero-order chi connectivity index (χ0) is 18.6. The van der Waals surface area contributed by atoms with Crippen molar-refractivity contribution in [2.75, 3.05) is 13.1 Å². The number of piperidine rings is 1. The number of hydrogen-bond donors (Lipinski definition) is 1. The summed E-state index contributed by atoms with van der Waals surface area (Å²) in [6.45, 7) is 8.90. The van der Waals surface area contributed by atoms with E-state index in [2.05, 4.69) is 0 Å². The van der Waals surface area contributed by atoms with E-state index in [1.165, 1.54) is 4.31 Å². The molecule has 1 amide bonds. The zero-order valence-electron chi connectivity index (χ0n) is 15.4. The van der Waals surface area contributed by atoms with Crippen LogP contribution >= 0.6 is 0 Å². The smallest absolute Gasteiger partial charge is 0.409 e. The molecule has 6 nitrogen and oxygen atoms in total. The van der Waals surface area contributed by atoms with Crippen molar-refractivity contribution in [3.05, 3.63) is 29.3 Å². The standard InChI is InChI=1S/C18H28N2O4S/c1-13(2)15-9-8-10-16(14(3)4)17(15)24-18(21)19-25(22,23)20-11-6-5-7-12-20/h8-10,13-14H,5-7,11-12H2,1-4H3,(H,19,21). The number of amides is 1. The molecule has 0 unspecified atom stereocenters. The first kappa shape index (κ1) is 19.7. The van der Waals surface area contributed by atoms with Crippen molar-refractivity contribution >= 4 is 16.3 Å². The molecule has 1 N–H and O–H groups in total. The fraction of sp³-hybridized carbons (Fsp3) is 0.611. The van der Waals surface area contributed by atoms with Gasteiger partial charge in [-0.2, -0.15) is 12.7 Å². The van der Waals surface area contributed by atoms with Crippen molar-refractivity contribution in [2.45, 2.75) is 58.8 Å². The van der Waals surface area contributed by atoms with Crippen LogP contribution in [0.4, 0.5) is 4.79 Å². The summed E-state index contributed by atoms with van der Waals surface area (Å²) in [5.41, 5.74) is 1.77. The third kappa shape index (κ3) is 4.95. The van der Waals surface area contributed by atoms with Crippen LogP contribution in [-0.2, 0) is 10.2 Å². The van der Waals surface area contributed by atoms with E-state index >= 15 is 0 Å². The van der Waals surface area contributed by atoms with Crippen molar-refractivity contribution in [3.63, 3.8) is 0 Å². The summed E-state index contributed by atoms with van der Waals surface area (Å²) in [6.07, 6.45) is 1.67. The number of hydrogen-bond acceptors (Lipinski definition) is 4. The molecule has 1 aromatic carbocycles. The fourth-order valence-corrected chi connectivity index (χ4v) is 4.11. The predicted molar refractivity (Wildman–Crippen MR) is 98.1 cm³/mol. The number of nitrogens with zero attached hydrogens (tertiary/aromatic N) is 1. The van der Waals surface area contributed by atoms with Crippen LogP contribution in [0.3, 0.4) is 0 Å². The molecule has 0 bridgehead atoms. The average Bonchev–Trinajstić information content (AvgIpc) is 2.54. The molecule has 1 saturated heterocycles. The van der Waals surface area contributed by atoms with E-state index in [4.69, 9.17) is 4.74 Å². The molecule has 0 atom stereocenters.